The van der Waals surface area contributed by atoms with Gasteiger partial charge in [-0.25, -0.2) is 0 Å². The fourth-order valence-corrected chi connectivity index (χ4v) is 4.53. The fraction of sp³-hybridized carbons (Fsp3) is 0.353. The lowest BCUT2D eigenvalue weighted by Crippen LogP contribution is -2.32. The fourth-order valence-electron chi connectivity index (χ4n) is 2.54. The third kappa shape index (κ3) is 3.78. The summed E-state index contributed by atoms with van der Waals surface area (Å²) < 4.78 is 12.6. The molecule has 0 radical (unpaired) electrons. The van der Waals surface area contributed by atoms with Gasteiger partial charge in [0.25, 0.3) is 5.91 Å². The van der Waals surface area contributed by atoms with Crippen LogP contribution in [-0.4, -0.2) is 31.1 Å². The molecule has 24 heavy (non-hydrogen) atoms. The Labute approximate surface area is 162 Å². The Morgan fingerprint density at radius 1 is 1.25 bits per heavy atom. The number of methoxy groups -OCH3 is 2. The minimum Gasteiger partial charge on any atom is -0.497 e. The van der Waals surface area contributed by atoms with Crippen LogP contribution in [-0.2, 0) is 6.54 Å². The third-order valence-electron chi connectivity index (χ3n) is 3.93. The number of hydrogen-bond donors (Lipinski definition) is 0. The summed E-state index contributed by atoms with van der Waals surface area (Å²) in [5.74, 6) is 1.58. The van der Waals surface area contributed by atoms with E-state index in [-0.39, 0.29) is 5.91 Å². The summed E-state index contributed by atoms with van der Waals surface area (Å²) in [4.78, 5) is 15.6. The first kappa shape index (κ1) is 17.8. The molecule has 4 nitrogen and oxygen atoms in total. The Morgan fingerprint density at radius 3 is 2.54 bits per heavy atom. The molecular formula is C17H17Br2NO3S. The van der Waals surface area contributed by atoms with Crippen molar-refractivity contribution in [3.05, 3.63) is 43.0 Å². The standard InChI is InChI=1S/C17H17Br2NO3S/c1-22-12-5-6-14(23-2)10(7-12)9-20(11-3-4-11)17(21)15-8-13(18)16(19)24-15/h5-8,11H,3-4,9H2,1-2H3. The number of benzene rings is 1. The number of ether oxygens (including phenoxy) is 2. The zero-order valence-corrected chi connectivity index (χ0v) is 17.3. The highest BCUT2D eigenvalue weighted by molar-refractivity contribution is 9.13. The molecular weight excluding hydrogens is 458 g/mol. The Bertz CT molecular complexity index is 739. The first-order chi connectivity index (χ1) is 11.5. The number of hydrogen-bond acceptors (Lipinski definition) is 4. The summed E-state index contributed by atoms with van der Waals surface area (Å²) >= 11 is 8.36. The predicted molar refractivity (Wildman–Crippen MR) is 102 cm³/mol. The van der Waals surface area contributed by atoms with Crippen molar-refractivity contribution in [2.24, 2.45) is 0 Å². The number of carbonyl (C=O) groups excluding carboxylic acids is 1. The molecule has 1 aromatic carbocycles. The maximum absolute atomic E-state index is 13.0. The minimum atomic E-state index is 0.0544. The van der Waals surface area contributed by atoms with Gasteiger partial charge in [0.15, 0.2) is 0 Å². The van der Waals surface area contributed by atoms with Crippen LogP contribution < -0.4 is 9.47 Å². The van der Waals surface area contributed by atoms with E-state index in [9.17, 15) is 4.79 Å². The highest BCUT2D eigenvalue weighted by Gasteiger charge is 2.34. The van der Waals surface area contributed by atoms with Gasteiger partial charge in [-0.2, -0.15) is 0 Å². The molecule has 0 spiro atoms. The Kier molecular flexibility index (Phi) is 5.52. The smallest absolute Gasteiger partial charge is 0.264 e. The lowest BCUT2D eigenvalue weighted by molar-refractivity contribution is 0.0733. The lowest BCUT2D eigenvalue weighted by atomic mass is 10.1. The highest BCUT2D eigenvalue weighted by Crippen LogP contribution is 2.37. The molecule has 0 atom stereocenters. The van der Waals surface area contributed by atoms with E-state index in [4.69, 9.17) is 9.47 Å². The number of halogens is 2. The Hall–Kier alpha value is -1.05. The second-order valence-electron chi connectivity index (χ2n) is 5.57. The van der Waals surface area contributed by atoms with Crippen molar-refractivity contribution in [2.45, 2.75) is 25.4 Å². The quantitative estimate of drug-likeness (QED) is 0.584. The maximum Gasteiger partial charge on any atom is 0.264 e. The van der Waals surface area contributed by atoms with Gasteiger partial charge in [-0.05, 0) is 69.0 Å². The van der Waals surface area contributed by atoms with Gasteiger partial charge in [-0.1, -0.05) is 0 Å². The van der Waals surface area contributed by atoms with E-state index >= 15 is 0 Å². The zero-order chi connectivity index (χ0) is 17.3. The van der Waals surface area contributed by atoms with Crippen LogP contribution >= 0.6 is 43.2 Å². The van der Waals surface area contributed by atoms with Gasteiger partial charge in [0, 0.05) is 16.1 Å². The normalized spacial score (nSPS) is 13.7. The summed E-state index contributed by atoms with van der Waals surface area (Å²) in [6, 6.07) is 7.84. The molecule has 2 aromatic rings. The SMILES string of the molecule is COc1ccc(OC)c(CN(C(=O)c2cc(Br)c(Br)s2)C2CC2)c1. The molecule has 1 aromatic heterocycles. The van der Waals surface area contributed by atoms with Crippen molar-refractivity contribution >= 4 is 49.1 Å². The average Bonchev–Trinajstić information content (AvgIpc) is 3.37. The van der Waals surface area contributed by atoms with Crippen molar-refractivity contribution < 1.29 is 14.3 Å². The predicted octanol–water partition coefficient (Wildman–Crippen LogP) is 5.10. The molecule has 0 unspecified atom stereocenters. The topological polar surface area (TPSA) is 38.8 Å². The molecule has 3 rings (SSSR count). The largest absolute Gasteiger partial charge is 0.497 e. The first-order valence-electron chi connectivity index (χ1n) is 7.50. The van der Waals surface area contributed by atoms with Crippen molar-refractivity contribution in [1.82, 2.24) is 4.90 Å². The Balaban J connectivity index is 1.88. The van der Waals surface area contributed by atoms with E-state index in [2.05, 4.69) is 31.9 Å². The Morgan fingerprint density at radius 2 is 2.00 bits per heavy atom. The first-order valence-corrected chi connectivity index (χ1v) is 9.90. The molecule has 0 N–H and O–H groups in total. The summed E-state index contributed by atoms with van der Waals surface area (Å²) in [6.45, 7) is 0.511. The van der Waals surface area contributed by atoms with E-state index in [0.717, 1.165) is 43.0 Å². The molecule has 0 saturated heterocycles. The van der Waals surface area contributed by atoms with Gasteiger partial charge in [0.05, 0.1) is 29.4 Å². The van der Waals surface area contributed by atoms with Crippen LogP contribution in [0.15, 0.2) is 32.5 Å². The van der Waals surface area contributed by atoms with Gasteiger partial charge in [0.2, 0.25) is 0 Å². The van der Waals surface area contributed by atoms with Crippen LogP contribution in [0.4, 0.5) is 0 Å². The van der Waals surface area contributed by atoms with Crippen LogP contribution in [0.25, 0.3) is 0 Å². The molecule has 1 amide bonds. The third-order valence-corrected chi connectivity index (χ3v) is 7.18. The number of thiophene rings is 1. The monoisotopic (exact) mass is 473 g/mol. The molecule has 0 aliphatic heterocycles. The number of nitrogens with zero attached hydrogens (tertiary/aromatic N) is 1. The van der Waals surface area contributed by atoms with Gasteiger partial charge >= 0.3 is 0 Å². The van der Waals surface area contributed by atoms with E-state index in [1.165, 1.54) is 11.3 Å². The van der Waals surface area contributed by atoms with E-state index in [0.29, 0.717) is 12.6 Å². The molecule has 1 fully saturated rings. The maximum atomic E-state index is 13.0. The van der Waals surface area contributed by atoms with Crippen LogP contribution in [0, 0.1) is 0 Å². The van der Waals surface area contributed by atoms with Crippen LogP contribution in [0.2, 0.25) is 0 Å². The lowest BCUT2D eigenvalue weighted by Gasteiger charge is -2.23. The van der Waals surface area contributed by atoms with E-state index in [1.54, 1.807) is 14.2 Å². The van der Waals surface area contributed by atoms with E-state index in [1.807, 2.05) is 29.2 Å². The van der Waals surface area contributed by atoms with Crippen molar-refractivity contribution in [3.8, 4) is 11.5 Å². The zero-order valence-electron chi connectivity index (χ0n) is 13.3. The molecule has 1 aliphatic rings. The summed E-state index contributed by atoms with van der Waals surface area (Å²) in [5, 5.41) is 0. The van der Waals surface area contributed by atoms with Gasteiger partial charge in [0.1, 0.15) is 11.5 Å². The summed E-state index contributed by atoms with van der Waals surface area (Å²) in [6.07, 6.45) is 2.09. The molecule has 128 valence electrons. The van der Waals surface area contributed by atoms with Crippen molar-refractivity contribution in [3.63, 3.8) is 0 Å². The highest BCUT2D eigenvalue weighted by atomic mass is 79.9. The van der Waals surface area contributed by atoms with Crippen LogP contribution in [0.1, 0.15) is 28.1 Å². The van der Waals surface area contributed by atoms with Gasteiger partial charge < -0.3 is 14.4 Å². The molecule has 1 heterocycles. The second kappa shape index (κ2) is 7.45. The van der Waals surface area contributed by atoms with Crippen molar-refractivity contribution in [2.75, 3.05) is 14.2 Å². The summed E-state index contributed by atoms with van der Waals surface area (Å²) in [7, 11) is 3.28. The average molecular weight is 475 g/mol. The molecule has 7 heteroatoms. The van der Waals surface area contributed by atoms with Crippen molar-refractivity contribution in [1.29, 1.82) is 0 Å². The van der Waals surface area contributed by atoms with Gasteiger partial charge in [-0.15, -0.1) is 11.3 Å². The number of amides is 1. The van der Waals surface area contributed by atoms with Gasteiger partial charge in [-0.3, -0.25) is 4.79 Å². The summed E-state index contributed by atoms with van der Waals surface area (Å²) in [5.41, 5.74) is 0.951. The van der Waals surface area contributed by atoms with Crippen LogP contribution in [0.3, 0.4) is 0 Å². The second-order valence-corrected chi connectivity index (χ2v) is 8.80. The molecule has 0 bridgehead atoms. The number of rotatable bonds is 6. The molecule has 1 aliphatic carbocycles. The molecule has 1 saturated carbocycles. The van der Waals surface area contributed by atoms with Crippen LogP contribution in [0.5, 0.6) is 11.5 Å². The number of carbonyl (C=O) groups is 1. The van der Waals surface area contributed by atoms with E-state index < -0.39 is 0 Å². The minimum absolute atomic E-state index is 0.0544.